The number of esters is 1. The Bertz CT molecular complexity index is 1080. The predicted molar refractivity (Wildman–Crippen MR) is 115 cm³/mol. The molecule has 2 aliphatic carbocycles. The van der Waals surface area contributed by atoms with Crippen molar-refractivity contribution in [2.24, 2.45) is 11.8 Å². The lowest BCUT2D eigenvalue weighted by Gasteiger charge is -2.33. The minimum Gasteiger partial charge on any atom is -0.483 e. The van der Waals surface area contributed by atoms with Crippen LogP contribution < -0.4 is 0 Å². The third-order valence-corrected chi connectivity index (χ3v) is 6.08. The number of nitriles is 1. The third-order valence-electron chi connectivity index (χ3n) is 5.71. The molecule has 1 heterocycles. The Kier molecular flexibility index (Phi) is 6.89. The van der Waals surface area contributed by atoms with Crippen molar-refractivity contribution >= 4 is 29.2 Å². The molecule has 0 aromatic heterocycles. The summed E-state index contributed by atoms with van der Waals surface area (Å²) in [6.07, 6.45) is -0.147. The Labute approximate surface area is 198 Å². The summed E-state index contributed by atoms with van der Waals surface area (Å²) in [7, 11) is 1.17. The van der Waals surface area contributed by atoms with E-state index in [1.165, 1.54) is 31.9 Å². The van der Waals surface area contributed by atoms with Crippen LogP contribution in [-0.2, 0) is 19.1 Å². The van der Waals surface area contributed by atoms with E-state index in [4.69, 9.17) is 22.2 Å². The van der Waals surface area contributed by atoms with Crippen LogP contribution in [0, 0.1) is 23.2 Å². The molecule has 0 aromatic carbocycles. The summed E-state index contributed by atoms with van der Waals surface area (Å²) < 4.78 is 64.8. The molecule has 0 aromatic rings. The van der Waals surface area contributed by atoms with Gasteiger partial charge in [0.05, 0.1) is 25.0 Å². The summed E-state index contributed by atoms with van der Waals surface area (Å²) in [6, 6.07) is 1.61. The van der Waals surface area contributed by atoms with Crippen molar-refractivity contribution in [1.29, 1.82) is 5.26 Å². The average molecular weight is 499 g/mol. The second-order valence-electron chi connectivity index (χ2n) is 8.26. The summed E-state index contributed by atoms with van der Waals surface area (Å²) in [4.78, 5) is 26.8. The number of rotatable bonds is 5. The van der Waals surface area contributed by atoms with Crippen LogP contribution >= 0.6 is 12.2 Å². The van der Waals surface area contributed by atoms with E-state index in [9.17, 15) is 27.2 Å². The summed E-state index contributed by atoms with van der Waals surface area (Å²) in [6.45, 7) is 2.59. The van der Waals surface area contributed by atoms with Crippen LogP contribution in [0.2, 0.25) is 0 Å². The summed E-state index contributed by atoms with van der Waals surface area (Å²) in [5.74, 6) is -5.63. The molecule has 0 bridgehead atoms. The zero-order valence-corrected chi connectivity index (χ0v) is 19.3. The first kappa shape index (κ1) is 25.4. The maximum atomic E-state index is 14.7. The van der Waals surface area contributed by atoms with E-state index in [2.05, 4.69) is 4.74 Å². The molecule has 0 spiro atoms. The minimum absolute atomic E-state index is 0.0614. The van der Waals surface area contributed by atoms with Crippen LogP contribution in [-0.4, -0.2) is 52.2 Å². The molecule has 34 heavy (non-hydrogen) atoms. The molecule has 1 amide bonds. The van der Waals surface area contributed by atoms with Gasteiger partial charge in [-0.05, 0) is 50.7 Å². The normalized spacial score (nSPS) is 24.6. The fraction of sp³-hybridized carbons (Fsp3) is 0.455. The molecule has 2 atom stereocenters. The number of amides is 1. The SMILES string of the molecule is COC(=O)COC1=C(F)C=C(N2C(=S)N(C3=CC(C(F)(F)F)C(C#N)C=C3)C(=O)C2(C)C)CC1. The van der Waals surface area contributed by atoms with Crippen LogP contribution in [0.25, 0.3) is 0 Å². The number of thiocarbonyl (C=S) groups is 1. The number of allylic oxidation sites excluding steroid dienone is 7. The van der Waals surface area contributed by atoms with E-state index in [1.807, 2.05) is 0 Å². The number of nitrogens with zero attached hydrogens (tertiary/aromatic N) is 3. The molecule has 2 unspecified atom stereocenters. The van der Waals surface area contributed by atoms with Gasteiger partial charge in [0.15, 0.2) is 17.5 Å². The lowest BCUT2D eigenvalue weighted by Crippen LogP contribution is -2.43. The maximum absolute atomic E-state index is 14.7. The summed E-state index contributed by atoms with van der Waals surface area (Å²) in [5, 5.41) is 8.97. The Morgan fingerprint density at radius 3 is 2.59 bits per heavy atom. The molecule has 12 heteroatoms. The van der Waals surface area contributed by atoms with E-state index < -0.39 is 47.9 Å². The van der Waals surface area contributed by atoms with Crippen molar-refractivity contribution < 1.29 is 36.6 Å². The number of carbonyl (C=O) groups excluding carboxylic acids is 2. The first-order valence-electron chi connectivity index (χ1n) is 10.2. The molecule has 1 aliphatic heterocycles. The van der Waals surface area contributed by atoms with Crippen molar-refractivity contribution in [2.45, 2.75) is 38.4 Å². The van der Waals surface area contributed by atoms with Gasteiger partial charge in [0.2, 0.25) is 0 Å². The Hall–Kier alpha value is -3.20. The second-order valence-corrected chi connectivity index (χ2v) is 8.63. The van der Waals surface area contributed by atoms with Gasteiger partial charge in [-0.25, -0.2) is 9.18 Å². The topological polar surface area (TPSA) is 82.9 Å². The summed E-state index contributed by atoms with van der Waals surface area (Å²) >= 11 is 5.45. The highest BCUT2D eigenvalue weighted by atomic mass is 32.1. The van der Waals surface area contributed by atoms with E-state index in [1.54, 1.807) is 6.07 Å². The molecule has 0 saturated carbocycles. The highest BCUT2D eigenvalue weighted by Crippen LogP contribution is 2.42. The predicted octanol–water partition coefficient (Wildman–Crippen LogP) is 4.01. The van der Waals surface area contributed by atoms with Crippen LogP contribution in [0.5, 0.6) is 0 Å². The van der Waals surface area contributed by atoms with Crippen LogP contribution in [0.1, 0.15) is 26.7 Å². The number of alkyl halides is 3. The fourth-order valence-corrected chi connectivity index (χ4v) is 4.46. The lowest BCUT2D eigenvalue weighted by atomic mass is 9.87. The van der Waals surface area contributed by atoms with Crippen molar-refractivity contribution in [3.05, 3.63) is 47.3 Å². The van der Waals surface area contributed by atoms with E-state index in [0.717, 1.165) is 23.1 Å². The van der Waals surface area contributed by atoms with Crippen LogP contribution in [0.4, 0.5) is 17.6 Å². The highest BCUT2D eigenvalue weighted by Gasteiger charge is 2.53. The molecule has 1 fully saturated rings. The van der Waals surface area contributed by atoms with Gasteiger partial charge in [-0.3, -0.25) is 9.69 Å². The van der Waals surface area contributed by atoms with Gasteiger partial charge in [-0.1, -0.05) is 6.08 Å². The first-order chi connectivity index (χ1) is 15.8. The van der Waals surface area contributed by atoms with Crippen molar-refractivity contribution in [3.8, 4) is 6.07 Å². The van der Waals surface area contributed by atoms with E-state index in [-0.39, 0.29) is 29.4 Å². The van der Waals surface area contributed by atoms with Crippen LogP contribution in [0.15, 0.2) is 47.3 Å². The molecular weight excluding hydrogens is 478 g/mol. The van der Waals surface area contributed by atoms with Gasteiger partial charge in [0, 0.05) is 17.8 Å². The zero-order chi connectivity index (χ0) is 25.4. The third kappa shape index (κ3) is 4.57. The standard InChI is InChI=1S/C22H21F4N3O4S/c1-21(2)19(31)28(13-5-4-12(10-27)15(8-13)22(24,25)26)20(34)29(21)14-6-7-17(16(23)9-14)33-11-18(30)32-3/h4-5,8-9,12,15H,6-7,11H2,1-3H3. The Morgan fingerprint density at radius 2 is 2.03 bits per heavy atom. The minimum atomic E-state index is -4.70. The van der Waals surface area contributed by atoms with Gasteiger partial charge in [-0.15, -0.1) is 0 Å². The van der Waals surface area contributed by atoms with Crippen molar-refractivity contribution in [1.82, 2.24) is 9.80 Å². The number of carbonyl (C=O) groups is 2. The molecule has 1 saturated heterocycles. The molecule has 0 radical (unpaired) electrons. The highest BCUT2D eigenvalue weighted by molar-refractivity contribution is 7.80. The van der Waals surface area contributed by atoms with Crippen LogP contribution in [0.3, 0.4) is 0 Å². The van der Waals surface area contributed by atoms with Crippen molar-refractivity contribution in [2.75, 3.05) is 13.7 Å². The molecule has 182 valence electrons. The number of halogens is 4. The fourth-order valence-electron chi connectivity index (χ4n) is 3.92. The number of hydrogen-bond donors (Lipinski definition) is 0. The summed E-state index contributed by atoms with van der Waals surface area (Å²) in [5.41, 5.74) is -1.09. The lowest BCUT2D eigenvalue weighted by molar-refractivity contribution is -0.166. The van der Waals surface area contributed by atoms with Gasteiger partial charge >= 0.3 is 12.1 Å². The first-order valence-corrected chi connectivity index (χ1v) is 10.6. The number of ether oxygens (including phenoxy) is 2. The molecular formula is C22H21F4N3O4S. The van der Waals surface area contributed by atoms with Crippen molar-refractivity contribution in [3.63, 3.8) is 0 Å². The largest absolute Gasteiger partial charge is 0.483 e. The smallest absolute Gasteiger partial charge is 0.396 e. The Balaban J connectivity index is 1.92. The van der Waals surface area contributed by atoms with Gasteiger partial charge in [0.25, 0.3) is 5.91 Å². The van der Waals surface area contributed by atoms with Gasteiger partial charge in [-0.2, -0.15) is 18.4 Å². The molecule has 3 rings (SSSR count). The van der Waals surface area contributed by atoms with Gasteiger partial charge < -0.3 is 14.4 Å². The van der Waals surface area contributed by atoms with E-state index in [0.29, 0.717) is 5.70 Å². The number of methoxy groups -OCH3 is 1. The molecule has 0 N–H and O–H groups in total. The molecule has 7 nitrogen and oxygen atoms in total. The number of hydrogen-bond acceptors (Lipinski definition) is 6. The zero-order valence-electron chi connectivity index (χ0n) is 18.5. The quantitative estimate of drug-likeness (QED) is 0.321. The maximum Gasteiger partial charge on any atom is 0.396 e. The van der Waals surface area contributed by atoms with E-state index >= 15 is 0 Å². The Morgan fingerprint density at radius 1 is 1.35 bits per heavy atom. The monoisotopic (exact) mass is 499 g/mol. The van der Waals surface area contributed by atoms with Gasteiger partial charge in [0.1, 0.15) is 11.3 Å². The molecule has 3 aliphatic rings. The second kappa shape index (κ2) is 9.21. The average Bonchev–Trinajstić information content (AvgIpc) is 2.95.